The van der Waals surface area contributed by atoms with Gasteiger partial charge in [-0.1, -0.05) is 6.07 Å². The molecule has 1 aliphatic carbocycles. The second kappa shape index (κ2) is 7.86. The molecule has 6 nitrogen and oxygen atoms in total. The summed E-state index contributed by atoms with van der Waals surface area (Å²) in [6.45, 7) is 2.26. The first-order valence-electron chi connectivity index (χ1n) is 8.48. The first-order valence-corrected chi connectivity index (χ1v) is 8.48. The molecule has 3 rings (SSSR count). The van der Waals surface area contributed by atoms with Gasteiger partial charge in [0.25, 0.3) is 0 Å². The molecular weight excluding hydrogens is 294 g/mol. The minimum atomic E-state index is -0.245. The summed E-state index contributed by atoms with van der Waals surface area (Å²) in [5.41, 5.74) is 0.868. The molecule has 1 saturated heterocycles. The summed E-state index contributed by atoms with van der Waals surface area (Å²) in [6.07, 6.45) is 5.56. The van der Waals surface area contributed by atoms with Crippen molar-refractivity contribution in [1.29, 1.82) is 0 Å². The quantitative estimate of drug-likeness (QED) is 0.830. The number of carbonyl (C=O) groups is 1. The predicted octanol–water partition coefficient (Wildman–Crippen LogP) is 1.43. The monoisotopic (exact) mass is 319 g/mol. The summed E-state index contributed by atoms with van der Waals surface area (Å²) in [7, 11) is 0. The Balaban J connectivity index is 1.54. The van der Waals surface area contributed by atoms with E-state index >= 15 is 0 Å². The molecule has 0 unspecified atom stereocenters. The van der Waals surface area contributed by atoms with Crippen LogP contribution in [0.5, 0.6) is 0 Å². The van der Waals surface area contributed by atoms with Gasteiger partial charge in [-0.15, -0.1) is 0 Å². The fourth-order valence-electron chi connectivity index (χ4n) is 3.19. The standard InChI is InChI=1S/C17H25N3O3/c21-14-11-13(12-14)17(15-5-1-2-7-18-15)19-16(22)6-9-20-8-3-4-10-23-20/h1-2,5,7,13-14,17,21H,3-4,6,8-12H2,(H,19,22)/t13?,14?,17-/m1/s1. The minimum Gasteiger partial charge on any atom is -0.393 e. The molecule has 1 aliphatic heterocycles. The number of pyridine rings is 1. The van der Waals surface area contributed by atoms with Gasteiger partial charge in [0.2, 0.25) is 5.91 Å². The van der Waals surface area contributed by atoms with Gasteiger partial charge in [-0.2, -0.15) is 5.06 Å². The minimum absolute atomic E-state index is 0.0104. The van der Waals surface area contributed by atoms with Gasteiger partial charge in [0.1, 0.15) is 0 Å². The Morgan fingerprint density at radius 1 is 1.43 bits per heavy atom. The first kappa shape index (κ1) is 16.4. The highest BCUT2D eigenvalue weighted by Gasteiger charge is 2.36. The molecule has 0 radical (unpaired) electrons. The van der Waals surface area contributed by atoms with Crippen molar-refractivity contribution >= 4 is 5.91 Å². The molecule has 1 atom stereocenters. The van der Waals surface area contributed by atoms with Gasteiger partial charge in [-0.25, -0.2) is 0 Å². The Labute approximate surface area is 136 Å². The molecule has 2 fully saturated rings. The maximum Gasteiger partial charge on any atom is 0.221 e. The molecule has 126 valence electrons. The van der Waals surface area contributed by atoms with E-state index in [0.717, 1.165) is 44.5 Å². The molecule has 6 heteroatoms. The number of aliphatic hydroxyl groups is 1. The van der Waals surface area contributed by atoms with Crippen LogP contribution in [0, 0.1) is 5.92 Å². The Kier molecular flexibility index (Phi) is 5.59. The van der Waals surface area contributed by atoms with E-state index in [1.807, 2.05) is 23.3 Å². The van der Waals surface area contributed by atoms with Crippen LogP contribution >= 0.6 is 0 Å². The number of carbonyl (C=O) groups excluding carboxylic acids is 1. The van der Waals surface area contributed by atoms with Crippen LogP contribution in [0.3, 0.4) is 0 Å². The van der Waals surface area contributed by atoms with Crippen LogP contribution in [0.25, 0.3) is 0 Å². The van der Waals surface area contributed by atoms with Gasteiger partial charge in [-0.3, -0.25) is 14.6 Å². The average molecular weight is 319 g/mol. The Morgan fingerprint density at radius 2 is 2.30 bits per heavy atom. The molecule has 2 N–H and O–H groups in total. The van der Waals surface area contributed by atoms with Crippen LogP contribution in [0.1, 0.15) is 43.8 Å². The lowest BCUT2D eigenvalue weighted by atomic mass is 9.76. The van der Waals surface area contributed by atoms with Crippen molar-refractivity contribution < 1.29 is 14.7 Å². The zero-order chi connectivity index (χ0) is 16.1. The lowest BCUT2D eigenvalue weighted by Gasteiger charge is -2.37. The number of aromatic nitrogens is 1. The second-order valence-corrected chi connectivity index (χ2v) is 6.40. The summed E-state index contributed by atoms with van der Waals surface area (Å²) < 4.78 is 0. The molecule has 1 amide bonds. The molecule has 1 aromatic rings. The van der Waals surface area contributed by atoms with E-state index in [-0.39, 0.29) is 24.0 Å². The highest BCUT2D eigenvalue weighted by atomic mass is 16.7. The van der Waals surface area contributed by atoms with Crippen LogP contribution in [0.2, 0.25) is 0 Å². The maximum atomic E-state index is 12.3. The van der Waals surface area contributed by atoms with Crippen LogP contribution in [-0.2, 0) is 9.63 Å². The van der Waals surface area contributed by atoms with Crippen molar-refractivity contribution in [2.75, 3.05) is 19.7 Å². The summed E-state index contributed by atoms with van der Waals surface area (Å²) >= 11 is 0. The molecule has 23 heavy (non-hydrogen) atoms. The van der Waals surface area contributed by atoms with Gasteiger partial charge in [-0.05, 0) is 43.7 Å². The number of aliphatic hydroxyl groups excluding tert-OH is 1. The van der Waals surface area contributed by atoms with E-state index in [2.05, 4.69) is 10.3 Å². The van der Waals surface area contributed by atoms with Crippen molar-refractivity contribution in [3.05, 3.63) is 30.1 Å². The summed E-state index contributed by atoms with van der Waals surface area (Å²) in [5.74, 6) is 0.270. The Morgan fingerprint density at radius 3 is 2.96 bits per heavy atom. The summed E-state index contributed by atoms with van der Waals surface area (Å²) in [6, 6.07) is 5.61. The smallest absolute Gasteiger partial charge is 0.221 e. The van der Waals surface area contributed by atoms with Crippen molar-refractivity contribution in [3.8, 4) is 0 Å². The lowest BCUT2D eigenvalue weighted by molar-refractivity contribution is -0.181. The Hall–Kier alpha value is -1.50. The number of nitrogens with one attached hydrogen (secondary N) is 1. The average Bonchev–Trinajstić information content (AvgIpc) is 2.57. The topological polar surface area (TPSA) is 74.7 Å². The first-order chi connectivity index (χ1) is 11.2. The van der Waals surface area contributed by atoms with E-state index in [1.54, 1.807) is 6.20 Å². The second-order valence-electron chi connectivity index (χ2n) is 6.40. The zero-order valence-corrected chi connectivity index (χ0v) is 13.4. The molecule has 0 aromatic carbocycles. The SMILES string of the molecule is O=C(CCN1CCCCO1)N[C@@H](c1ccccn1)C1CC(O)C1. The number of amides is 1. The van der Waals surface area contributed by atoms with Gasteiger partial charge in [0, 0.05) is 25.7 Å². The molecule has 0 bridgehead atoms. The van der Waals surface area contributed by atoms with Gasteiger partial charge < -0.3 is 10.4 Å². The van der Waals surface area contributed by atoms with E-state index in [0.29, 0.717) is 13.0 Å². The molecule has 0 spiro atoms. The molecule has 1 saturated carbocycles. The normalized spacial score (nSPS) is 26.3. The van der Waals surface area contributed by atoms with Crippen molar-refractivity contribution in [3.63, 3.8) is 0 Å². The van der Waals surface area contributed by atoms with Gasteiger partial charge in [0.05, 0.1) is 24.4 Å². The molecular formula is C17H25N3O3. The van der Waals surface area contributed by atoms with Crippen molar-refractivity contribution in [2.24, 2.45) is 5.92 Å². The third-order valence-electron chi connectivity index (χ3n) is 4.61. The highest BCUT2D eigenvalue weighted by molar-refractivity contribution is 5.76. The Bertz CT molecular complexity index is 499. The zero-order valence-electron chi connectivity index (χ0n) is 13.4. The fourth-order valence-corrected chi connectivity index (χ4v) is 3.19. The summed E-state index contributed by atoms with van der Waals surface area (Å²) in [4.78, 5) is 22.2. The van der Waals surface area contributed by atoms with E-state index in [9.17, 15) is 9.90 Å². The van der Waals surface area contributed by atoms with Crippen LogP contribution in [0.15, 0.2) is 24.4 Å². The van der Waals surface area contributed by atoms with Crippen molar-refractivity contribution in [2.45, 2.75) is 44.2 Å². The van der Waals surface area contributed by atoms with Gasteiger partial charge in [0.15, 0.2) is 0 Å². The third kappa shape index (κ3) is 4.50. The number of nitrogens with zero attached hydrogens (tertiary/aromatic N) is 2. The van der Waals surface area contributed by atoms with Crippen LogP contribution in [-0.4, -0.2) is 46.9 Å². The molecule has 2 aliphatic rings. The van der Waals surface area contributed by atoms with E-state index in [1.165, 1.54) is 0 Å². The van der Waals surface area contributed by atoms with Crippen molar-refractivity contribution in [1.82, 2.24) is 15.4 Å². The highest BCUT2D eigenvalue weighted by Crippen LogP contribution is 2.37. The molecule has 1 aromatic heterocycles. The summed E-state index contributed by atoms with van der Waals surface area (Å²) in [5, 5.41) is 14.5. The van der Waals surface area contributed by atoms with Crippen LogP contribution < -0.4 is 5.32 Å². The van der Waals surface area contributed by atoms with Crippen LogP contribution in [0.4, 0.5) is 0 Å². The number of rotatable bonds is 6. The third-order valence-corrected chi connectivity index (χ3v) is 4.61. The van der Waals surface area contributed by atoms with E-state index < -0.39 is 0 Å². The molecule has 2 heterocycles. The predicted molar refractivity (Wildman–Crippen MR) is 85.2 cm³/mol. The van der Waals surface area contributed by atoms with Gasteiger partial charge >= 0.3 is 0 Å². The number of hydrogen-bond acceptors (Lipinski definition) is 5. The maximum absolute atomic E-state index is 12.3. The number of hydrogen-bond donors (Lipinski definition) is 2. The largest absolute Gasteiger partial charge is 0.393 e. The van der Waals surface area contributed by atoms with E-state index in [4.69, 9.17) is 4.84 Å². The number of hydroxylamine groups is 2. The fraction of sp³-hybridized carbons (Fsp3) is 0.647. The lowest BCUT2D eigenvalue weighted by Crippen LogP contribution is -2.42.